The van der Waals surface area contributed by atoms with Crippen LogP contribution in [0.15, 0.2) is 47.4 Å². The summed E-state index contributed by atoms with van der Waals surface area (Å²) < 4.78 is 6.82. The fraction of sp³-hybridized carbons (Fsp3) is 0.312. The van der Waals surface area contributed by atoms with Crippen molar-refractivity contribution in [2.75, 3.05) is 7.11 Å². The van der Waals surface area contributed by atoms with Gasteiger partial charge in [-0.15, -0.1) is 0 Å². The number of pyridine rings is 1. The number of hydrogen-bond acceptors (Lipinski definition) is 3. The summed E-state index contributed by atoms with van der Waals surface area (Å²) in [5.74, 6) is 0.772. The summed E-state index contributed by atoms with van der Waals surface area (Å²) in [5.41, 5.74) is 7.68. The summed E-state index contributed by atoms with van der Waals surface area (Å²) in [6, 6.07) is 10.8. The molecule has 0 amide bonds. The van der Waals surface area contributed by atoms with Crippen LogP contribution in [-0.4, -0.2) is 11.7 Å². The van der Waals surface area contributed by atoms with Crippen molar-refractivity contribution in [2.45, 2.75) is 25.9 Å². The largest absolute Gasteiger partial charge is 0.497 e. The van der Waals surface area contributed by atoms with Gasteiger partial charge in [-0.1, -0.05) is 18.2 Å². The molecule has 0 fully saturated rings. The molecule has 0 aliphatic heterocycles. The van der Waals surface area contributed by atoms with E-state index in [0.717, 1.165) is 11.3 Å². The lowest BCUT2D eigenvalue weighted by Gasteiger charge is -2.16. The van der Waals surface area contributed by atoms with Crippen LogP contribution in [0.4, 0.5) is 0 Å². The Labute approximate surface area is 118 Å². The lowest BCUT2D eigenvalue weighted by Crippen LogP contribution is -2.29. The maximum absolute atomic E-state index is 12.4. The second-order valence-electron chi connectivity index (χ2n) is 5.02. The van der Waals surface area contributed by atoms with Gasteiger partial charge in [0.2, 0.25) is 0 Å². The number of ether oxygens (including phenoxy) is 1. The number of hydrogen-bond donors (Lipinski definition) is 1. The molecule has 2 aromatic rings. The van der Waals surface area contributed by atoms with Crippen LogP contribution in [0.25, 0.3) is 0 Å². The Morgan fingerprint density at radius 3 is 2.35 bits per heavy atom. The van der Waals surface area contributed by atoms with Crippen molar-refractivity contribution >= 4 is 0 Å². The third-order valence-electron chi connectivity index (χ3n) is 3.37. The highest BCUT2D eigenvalue weighted by Gasteiger charge is 2.14. The standard InChI is InChI=1S/C16H20N2O2/c1-11(2)18-10-4-5-14(16(18)19)15(17)12-6-8-13(20-3)9-7-12/h4-11,15H,17H2,1-3H3. The van der Waals surface area contributed by atoms with Gasteiger partial charge in [-0.05, 0) is 37.6 Å². The first-order valence-corrected chi connectivity index (χ1v) is 6.65. The lowest BCUT2D eigenvalue weighted by molar-refractivity contribution is 0.414. The monoisotopic (exact) mass is 272 g/mol. The minimum absolute atomic E-state index is 0.0363. The molecular formula is C16H20N2O2. The van der Waals surface area contributed by atoms with E-state index in [9.17, 15) is 4.79 Å². The average molecular weight is 272 g/mol. The second-order valence-corrected chi connectivity index (χ2v) is 5.02. The zero-order valence-corrected chi connectivity index (χ0v) is 12.0. The van der Waals surface area contributed by atoms with Gasteiger partial charge in [0, 0.05) is 17.8 Å². The number of methoxy groups -OCH3 is 1. The van der Waals surface area contributed by atoms with Gasteiger partial charge in [-0.25, -0.2) is 0 Å². The van der Waals surface area contributed by atoms with Crippen molar-refractivity contribution < 1.29 is 4.74 Å². The van der Waals surface area contributed by atoms with E-state index in [1.807, 2.05) is 44.2 Å². The SMILES string of the molecule is COc1ccc(C(N)c2cccn(C(C)C)c2=O)cc1. The number of nitrogens with zero attached hydrogens (tertiary/aromatic N) is 1. The summed E-state index contributed by atoms with van der Waals surface area (Å²) in [6.07, 6.45) is 1.79. The van der Waals surface area contributed by atoms with Crippen LogP contribution < -0.4 is 16.0 Å². The molecule has 0 aliphatic rings. The molecule has 1 heterocycles. The summed E-state index contributed by atoms with van der Waals surface area (Å²) in [4.78, 5) is 12.4. The second kappa shape index (κ2) is 5.92. The van der Waals surface area contributed by atoms with E-state index in [1.165, 1.54) is 0 Å². The Morgan fingerprint density at radius 1 is 1.15 bits per heavy atom. The molecule has 0 aliphatic carbocycles. The molecule has 2 N–H and O–H groups in total. The Morgan fingerprint density at radius 2 is 1.80 bits per heavy atom. The van der Waals surface area contributed by atoms with Crippen LogP contribution in [0, 0.1) is 0 Å². The molecule has 0 saturated carbocycles. The molecule has 106 valence electrons. The van der Waals surface area contributed by atoms with Gasteiger partial charge >= 0.3 is 0 Å². The van der Waals surface area contributed by atoms with Crippen molar-refractivity contribution in [2.24, 2.45) is 5.73 Å². The van der Waals surface area contributed by atoms with Crippen molar-refractivity contribution in [1.82, 2.24) is 4.57 Å². The number of nitrogens with two attached hydrogens (primary N) is 1. The van der Waals surface area contributed by atoms with E-state index in [2.05, 4.69) is 0 Å². The van der Waals surface area contributed by atoms with Gasteiger partial charge in [0.1, 0.15) is 5.75 Å². The zero-order valence-electron chi connectivity index (χ0n) is 12.0. The number of aromatic nitrogens is 1. The molecular weight excluding hydrogens is 252 g/mol. The van der Waals surface area contributed by atoms with E-state index < -0.39 is 6.04 Å². The molecule has 1 unspecified atom stereocenters. The van der Waals surface area contributed by atoms with E-state index in [1.54, 1.807) is 23.9 Å². The predicted molar refractivity (Wildman–Crippen MR) is 80.1 cm³/mol. The first-order chi connectivity index (χ1) is 9.54. The van der Waals surface area contributed by atoms with Crippen molar-refractivity contribution in [3.8, 4) is 5.75 Å². The van der Waals surface area contributed by atoms with Gasteiger partial charge in [-0.2, -0.15) is 0 Å². The highest BCUT2D eigenvalue weighted by Crippen LogP contribution is 2.20. The average Bonchev–Trinajstić information content (AvgIpc) is 2.46. The number of rotatable bonds is 4. The first kappa shape index (κ1) is 14.3. The summed E-state index contributed by atoms with van der Waals surface area (Å²) in [6.45, 7) is 3.95. The Balaban J connectivity index is 2.40. The predicted octanol–water partition coefficient (Wildman–Crippen LogP) is 2.49. The molecule has 1 aromatic heterocycles. The third kappa shape index (κ3) is 2.75. The van der Waals surface area contributed by atoms with Crippen LogP contribution in [0.2, 0.25) is 0 Å². The topological polar surface area (TPSA) is 57.2 Å². The van der Waals surface area contributed by atoms with Gasteiger partial charge in [0.15, 0.2) is 0 Å². The first-order valence-electron chi connectivity index (χ1n) is 6.65. The smallest absolute Gasteiger partial charge is 0.255 e. The summed E-state index contributed by atoms with van der Waals surface area (Å²) in [7, 11) is 1.62. The molecule has 0 bridgehead atoms. The third-order valence-corrected chi connectivity index (χ3v) is 3.37. The Bertz CT molecular complexity index is 630. The van der Waals surface area contributed by atoms with Crippen molar-refractivity contribution in [3.63, 3.8) is 0 Å². The Kier molecular flexibility index (Phi) is 4.25. The summed E-state index contributed by atoms with van der Waals surface area (Å²) >= 11 is 0. The van der Waals surface area contributed by atoms with Gasteiger partial charge in [0.05, 0.1) is 13.2 Å². The fourth-order valence-electron chi connectivity index (χ4n) is 2.16. The molecule has 1 atom stereocenters. The molecule has 0 spiro atoms. The molecule has 20 heavy (non-hydrogen) atoms. The van der Waals surface area contributed by atoms with Gasteiger partial charge in [-0.3, -0.25) is 4.79 Å². The maximum atomic E-state index is 12.4. The highest BCUT2D eigenvalue weighted by atomic mass is 16.5. The van der Waals surface area contributed by atoms with Crippen LogP contribution in [0.5, 0.6) is 5.75 Å². The minimum Gasteiger partial charge on any atom is -0.497 e. The molecule has 2 rings (SSSR count). The summed E-state index contributed by atoms with van der Waals surface area (Å²) in [5, 5.41) is 0. The van der Waals surface area contributed by atoms with Gasteiger partial charge in [0.25, 0.3) is 5.56 Å². The van der Waals surface area contributed by atoms with E-state index in [-0.39, 0.29) is 11.6 Å². The van der Waals surface area contributed by atoms with Crippen molar-refractivity contribution in [3.05, 3.63) is 64.1 Å². The maximum Gasteiger partial charge on any atom is 0.255 e. The Hall–Kier alpha value is -2.07. The van der Waals surface area contributed by atoms with E-state index in [4.69, 9.17) is 10.5 Å². The zero-order chi connectivity index (χ0) is 14.7. The molecule has 1 aromatic carbocycles. The lowest BCUT2D eigenvalue weighted by atomic mass is 10.0. The van der Waals surface area contributed by atoms with E-state index in [0.29, 0.717) is 5.56 Å². The normalized spacial score (nSPS) is 12.4. The van der Waals surface area contributed by atoms with Crippen molar-refractivity contribution in [1.29, 1.82) is 0 Å². The molecule has 4 heteroatoms. The molecule has 4 nitrogen and oxygen atoms in total. The minimum atomic E-state index is -0.431. The fourth-order valence-corrected chi connectivity index (χ4v) is 2.16. The highest BCUT2D eigenvalue weighted by molar-refractivity contribution is 5.34. The van der Waals surface area contributed by atoms with Gasteiger partial charge < -0.3 is 15.0 Å². The van der Waals surface area contributed by atoms with Crippen LogP contribution in [-0.2, 0) is 0 Å². The molecule has 0 radical (unpaired) electrons. The van der Waals surface area contributed by atoms with Crippen LogP contribution in [0.1, 0.15) is 37.1 Å². The van der Waals surface area contributed by atoms with E-state index >= 15 is 0 Å². The molecule has 0 saturated heterocycles. The number of benzene rings is 1. The van der Waals surface area contributed by atoms with Crippen LogP contribution >= 0.6 is 0 Å². The quantitative estimate of drug-likeness (QED) is 0.930. The van der Waals surface area contributed by atoms with Crippen LogP contribution in [0.3, 0.4) is 0 Å².